The number of ether oxygens (including phenoxy) is 4. The molecule has 2 aromatic rings. The molecule has 2 N–H and O–H groups in total. The van der Waals surface area contributed by atoms with Gasteiger partial charge in [-0.1, -0.05) is 61.3 Å². The lowest BCUT2D eigenvalue weighted by molar-refractivity contribution is 0.0222. The summed E-state index contributed by atoms with van der Waals surface area (Å²) >= 11 is 3.45. The number of benzene rings is 2. The molecule has 0 heterocycles. The predicted molar refractivity (Wildman–Crippen MR) is 185 cm³/mol. The number of sulfonamides is 1. The van der Waals surface area contributed by atoms with Gasteiger partial charge in [-0.05, 0) is 60.5 Å². The number of nitrogens with zero attached hydrogens (tertiary/aromatic N) is 1. The largest absolute Gasteiger partial charge is 0.492 e. The van der Waals surface area contributed by atoms with Gasteiger partial charge in [0.25, 0.3) is 0 Å². The van der Waals surface area contributed by atoms with Gasteiger partial charge in [0.15, 0.2) is 6.79 Å². The first-order valence-corrected chi connectivity index (χ1v) is 24.7. The number of hydrogen-bond donors (Lipinski definition) is 2. The molecule has 244 valence electrons. The SMILES string of the molecule is Cc1cc(Br)ccc1OCCNCC(O)c1ccc(OCOCC[Si](C)(C)C)c(N(COCC[Si](C)(C)C)S(C)(=O)=O)c1. The second-order valence-corrected chi connectivity index (χ2v) is 27.2. The Morgan fingerprint density at radius 2 is 1.53 bits per heavy atom. The number of rotatable bonds is 20. The Morgan fingerprint density at radius 3 is 2.14 bits per heavy atom. The summed E-state index contributed by atoms with van der Waals surface area (Å²) in [5.74, 6) is 1.15. The smallest absolute Gasteiger partial charge is 0.234 e. The maximum atomic E-state index is 12.9. The molecule has 1 unspecified atom stereocenters. The molecule has 0 aromatic heterocycles. The number of hydrogen-bond acceptors (Lipinski definition) is 8. The van der Waals surface area contributed by atoms with E-state index in [9.17, 15) is 13.5 Å². The fourth-order valence-electron chi connectivity index (χ4n) is 3.84. The van der Waals surface area contributed by atoms with Crippen LogP contribution in [0.4, 0.5) is 5.69 Å². The van der Waals surface area contributed by atoms with E-state index < -0.39 is 32.3 Å². The van der Waals surface area contributed by atoms with Crippen molar-refractivity contribution in [1.82, 2.24) is 5.32 Å². The molecule has 0 saturated heterocycles. The third-order valence-corrected chi connectivity index (χ3v) is 11.6. The summed E-state index contributed by atoms with van der Waals surface area (Å²) < 4.78 is 51.4. The van der Waals surface area contributed by atoms with Crippen molar-refractivity contribution in [3.63, 3.8) is 0 Å². The second kappa shape index (κ2) is 17.3. The second-order valence-electron chi connectivity index (χ2n) is 13.1. The molecule has 0 aliphatic heterocycles. The van der Waals surface area contributed by atoms with Crippen LogP contribution in [0.2, 0.25) is 51.4 Å². The van der Waals surface area contributed by atoms with Crippen molar-refractivity contribution in [2.24, 2.45) is 0 Å². The zero-order chi connectivity index (χ0) is 32.3. The zero-order valence-electron chi connectivity index (χ0n) is 27.0. The van der Waals surface area contributed by atoms with Gasteiger partial charge in [0.05, 0.1) is 18.0 Å². The van der Waals surface area contributed by atoms with Crippen LogP contribution in [0.15, 0.2) is 40.9 Å². The van der Waals surface area contributed by atoms with Gasteiger partial charge in [-0.3, -0.25) is 0 Å². The first-order chi connectivity index (χ1) is 20.0. The quantitative estimate of drug-likeness (QED) is 0.0944. The number of aryl methyl sites for hydroxylation is 1. The van der Waals surface area contributed by atoms with Gasteiger partial charge in [0, 0.05) is 46.9 Å². The molecule has 13 heteroatoms. The summed E-state index contributed by atoms with van der Waals surface area (Å²) in [5, 5.41) is 14.2. The van der Waals surface area contributed by atoms with Crippen LogP contribution >= 0.6 is 15.9 Å². The Balaban J connectivity index is 2.12. The highest BCUT2D eigenvalue weighted by Gasteiger charge is 2.24. The third kappa shape index (κ3) is 14.9. The lowest BCUT2D eigenvalue weighted by Gasteiger charge is -2.26. The van der Waals surface area contributed by atoms with E-state index in [0.717, 1.165) is 34.1 Å². The predicted octanol–water partition coefficient (Wildman–Crippen LogP) is 6.23. The highest BCUT2D eigenvalue weighted by atomic mass is 79.9. The van der Waals surface area contributed by atoms with Crippen LogP contribution in [-0.2, 0) is 19.5 Å². The fourth-order valence-corrected chi connectivity index (χ4v) is 6.59. The molecule has 9 nitrogen and oxygen atoms in total. The van der Waals surface area contributed by atoms with E-state index in [-0.39, 0.29) is 20.1 Å². The van der Waals surface area contributed by atoms with Crippen molar-refractivity contribution < 1.29 is 32.5 Å². The molecule has 0 radical (unpaired) electrons. The van der Waals surface area contributed by atoms with Crippen LogP contribution in [0.25, 0.3) is 0 Å². The average molecular weight is 720 g/mol. The summed E-state index contributed by atoms with van der Waals surface area (Å²) in [5.41, 5.74) is 1.88. The maximum absolute atomic E-state index is 12.9. The van der Waals surface area contributed by atoms with Crippen molar-refractivity contribution >= 4 is 47.8 Å². The molecular formula is C30H51BrN2O7SSi2. The topological polar surface area (TPSA) is 107 Å². The van der Waals surface area contributed by atoms with E-state index in [0.29, 0.717) is 43.4 Å². The number of anilines is 1. The Hall–Kier alpha value is -1.46. The first kappa shape index (κ1) is 37.7. The van der Waals surface area contributed by atoms with Crippen LogP contribution in [0.3, 0.4) is 0 Å². The zero-order valence-corrected chi connectivity index (χ0v) is 31.4. The van der Waals surface area contributed by atoms with E-state index in [1.807, 2.05) is 25.1 Å². The van der Waals surface area contributed by atoms with Gasteiger partial charge in [0.2, 0.25) is 10.0 Å². The fraction of sp³-hybridized carbons (Fsp3) is 0.600. The molecule has 2 rings (SSSR count). The lowest BCUT2D eigenvalue weighted by atomic mass is 10.1. The molecular weight excluding hydrogens is 668 g/mol. The molecule has 0 fully saturated rings. The van der Waals surface area contributed by atoms with Gasteiger partial charge in [-0.2, -0.15) is 0 Å². The molecule has 0 spiro atoms. The summed E-state index contributed by atoms with van der Waals surface area (Å²) in [4.78, 5) is 0. The standard InChI is InChI=1S/C30H51BrN2O7SSi2/c1-24-19-26(31)10-12-29(24)39-14-13-32-21-28(34)25-9-11-30(40-23-38-16-18-43(6,7)8)27(20-25)33(41(2,35)36)22-37-15-17-42(3,4)5/h9-12,19-20,28,32,34H,13-18,21-23H2,1-8H3. The molecule has 2 aromatic carbocycles. The number of nitrogens with one attached hydrogen (secondary N) is 1. The highest BCUT2D eigenvalue weighted by Crippen LogP contribution is 2.33. The molecule has 0 aliphatic carbocycles. The van der Waals surface area contributed by atoms with Crippen LogP contribution in [0.5, 0.6) is 11.5 Å². The molecule has 0 aliphatic rings. The number of aliphatic hydroxyl groups is 1. The van der Waals surface area contributed by atoms with Crippen LogP contribution < -0.4 is 19.1 Å². The Bertz CT molecular complexity index is 1250. The minimum Gasteiger partial charge on any atom is -0.492 e. The minimum atomic E-state index is -3.72. The van der Waals surface area contributed by atoms with E-state index >= 15 is 0 Å². The minimum absolute atomic E-state index is 0.00708. The Kier molecular flexibility index (Phi) is 15.2. The van der Waals surface area contributed by atoms with Crippen LogP contribution in [-0.4, -0.2) is 82.4 Å². The monoisotopic (exact) mass is 718 g/mol. The van der Waals surface area contributed by atoms with Crippen molar-refractivity contribution in [2.75, 3.05) is 57.0 Å². The highest BCUT2D eigenvalue weighted by molar-refractivity contribution is 9.10. The van der Waals surface area contributed by atoms with Gasteiger partial charge >= 0.3 is 0 Å². The molecule has 43 heavy (non-hydrogen) atoms. The van der Waals surface area contributed by atoms with Crippen LogP contribution in [0.1, 0.15) is 17.2 Å². The van der Waals surface area contributed by atoms with Crippen molar-refractivity contribution in [2.45, 2.75) is 64.4 Å². The van der Waals surface area contributed by atoms with Crippen molar-refractivity contribution in [3.8, 4) is 11.5 Å². The first-order valence-electron chi connectivity index (χ1n) is 14.6. The Labute approximate surface area is 269 Å². The van der Waals surface area contributed by atoms with E-state index in [1.165, 1.54) is 4.31 Å². The van der Waals surface area contributed by atoms with E-state index in [1.54, 1.807) is 18.2 Å². The van der Waals surface area contributed by atoms with Gasteiger partial charge < -0.3 is 29.4 Å². The van der Waals surface area contributed by atoms with Gasteiger partial charge in [-0.15, -0.1) is 0 Å². The summed E-state index contributed by atoms with van der Waals surface area (Å²) in [6.07, 6.45) is 0.255. The third-order valence-electron chi connectivity index (χ3n) is 6.55. The van der Waals surface area contributed by atoms with Gasteiger partial charge in [-0.25, -0.2) is 12.7 Å². The maximum Gasteiger partial charge on any atom is 0.234 e. The van der Waals surface area contributed by atoms with Crippen molar-refractivity contribution in [1.29, 1.82) is 0 Å². The van der Waals surface area contributed by atoms with Gasteiger partial charge in [0.1, 0.15) is 24.8 Å². The van der Waals surface area contributed by atoms with E-state index in [4.69, 9.17) is 18.9 Å². The summed E-state index contributed by atoms with van der Waals surface area (Å²) in [6, 6.07) is 12.8. The molecule has 1 atom stereocenters. The summed E-state index contributed by atoms with van der Waals surface area (Å²) in [6.45, 7) is 17.6. The molecule has 0 saturated carbocycles. The molecule has 0 bridgehead atoms. The van der Waals surface area contributed by atoms with Crippen molar-refractivity contribution in [3.05, 3.63) is 52.0 Å². The summed E-state index contributed by atoms with van der Waals surface area (Å²) in [7, 11) is -6.33. The Morgan fingerprint density at radius 1 is 0.907 bits per heavy atom. The van der Waals surface area contributed by atoms with Crippen LogP contribution in [0, 0.1) is 6.92 Å². The lowest BCUT2D eigenvalue weighted by Crippen LogP contribution is -2.34. The normalized spacial score (nSPS) is 13.2. The molecule has 0 amide bonds. The average Bonchev–Trinajstić information content (AvgIpc) is 2.87. The number of aliphatic hydroxyl groups excluding tert-OH is 1. The van der Waals surface area contributed by atoms with E-state index in [2.05, 4.69) is 60.5 Å². The number of halogens is 1.